The van der Waals surface area contributed by atoms with Crippen LogP contribution in [-0.2, 0) is 11.2 Å². The molecular formula is C14H10ClN3OS. The van der Waals surface area contributed by atoms with Gasteiger partial charge >= 0.3 is 0 Å². The molecule has 1 aromatic carbocycles. The fraction of sp³-hybridized carbons (Fsp3) is 0.0714. The molecule has 20 heavy (non-hydrogen) atoms. The van der Waals surface area contributed by atoms with Crippen molar-refractivity contribution in [3.63, 3.8) is 0 Å². The maximum atomic E-state index is 12.0. The smallest absolute Gasteiger partial charge is 0.230 e. The van der Waals surface area contributed by atoms with E-state index in [2.05, 4.69) is 15.3 Å². The van der Waals surface area contributed by atoms with E-state index in [0.717, 1.165) is 11.1 Å². The Balaban J connectivity index is 1.87. The molecule has 0 aliphatic heterocycles. The molecule has 6 heteroatoms. The molecule has 4 nitrogen and oxygen atoms in total. The van der Waals surface area contributed by atoms with E-state index < -0.39 is 0 Å². The molecule has 2 aromatic heterocycles. The molecule has 0 spiro atoms. The van der Waals surface area contributed by atoms with Crippen LogP contribution in [0.15, 0.2) is 41.2 Å². The van der Waals surface area contributed by atoms with E-state index in [1.807, 2.05) is 29.6 Å². The van der Waals surface area contributed by atoms with Gasteiger partial charge in [-0.1, -0.05) is 23.7 Å². The highest BCUT2D eigenvalue weighted by Crippen LogP contribution is 2.23. The van der Waals surface area contributed by atoms with Crippen LogP contribution >= 0.6 is 22.9 Å². The van der Waals surface area contributed by atoms with Crippen LogP contribution in [0.3, 0.4) is 0 Å². The molecule has 1 N–H and O–H groups in total. The molecule has 0 aliphatic carbocycles. The van der Waals surface area contributed by atoms with Crippen molar-refractivity contribution in [2.24, 2.45) is 0 Å². The summed E-state index contributed by atoms with van der Waals surface area (Å²) in [6, 6.07) is 9.21. The molecule has 0 saturated heterocycles. The van der Waals surface area contributed by atoms with Gasteiger partial charge in [-0.25, -0.2) is 9.97 Å². The average Bonchev–Trinajstić information content (AvgIpc) is 2.92. The molecule has 3 rings (SSSR count). The predicted octanol–water partition coefficient (Wildman–Crippen LogP) is 3.53. The van der Waals surface area contributed by atoms with Crippen molar-refractivity contribution in [2.45, 2.75) is 6.42 Å². The lowest BCUT2D eigenvalue weighted by Crippen LogP contribution is -2.15. The zero-order valence-electron chi connectivity index (χ0n) is 10.3. The zero-order chi connectivity index (χ0) is 13.9. The number of nitrogens with one attached hydrogen (secondary N) is 1. The molecule has 0 fully saturated rings. The van der Waals surface area contributed by atoms with E-state index in [1.165, 1.54) is 11.3 Å². The Labute approximate surface area is 124 Å². The van der Waals surface area contributed by atoms with Crippen LogP contribution < -0.4 is 5.32 Å². The summed E-state index contributed by atoms with van der Waals surface area (Å²) in [6.07, 6.45) is 0.250. The van der Waals surface area contributed by atoms with Gasteiger partial charge in [-0.2, -0.15) is 0 Å². The van der Waals surface area contributed by atoms with Crippen LogP contribution in [0.25, 0.3) is 10.9 Å². The van der Waals surface area contributed by atoms with Crippen LogP contribution in [-0.4, -0.2) is 15.9 Å². The summed E-state index contributed by atoms with van der Waals surface area (Å²) < 4.78 is 0. The van der Waals surface area contributed by atoms with Crippen LogP contribution in [0.4, 0.5) is 5.69 Å². The minimum Gasteiger partial charge on any atom is -0.324 e. The predicted molar refractivity (Wildman–Crippen MR) is 81.2 cm³/mol. The van der Waals surface area contributed by atoms with Crippen LogP contribution in [0.1, 0.15) is 5.69 Å². The lowest BCUT2D eigenvalue weighted by Gasteiger charge is -2.07. The highest BCUT2D eigenvalue weighted by Gasteiger charge is 2.09. The molecule has 0 aliphatic rings. The number of aromatic nitrogens is 2. The maximum Gasteiger partial charge on any atom is 0.230 e. The summed E-state index contributed by atoms with van der Waals surface area (Å²) in [7, 11) is 0. The van der Waals surface area contributed by atoms with E-state index in [-0.39, 0.29) is 12.3 Å². The first-order chi connectivity index (χ1) is 9.72. The highest BCUT2D eigenvalue weighted by molar-refractivity contribution is 7.07. The molecule has 0 radical (unpaired) electrons. The van der Waals surface area contributed by atoms with Crippen LogP contribution in [0.2, 0.25) is 5.15 Å². The third kappa shape index (κ3) is 2.79. The number of para-hydroxylation sites is 1. The lowest BCUT2D eigenvalue weighted by atomic mass is 10.2. The van der Waals surface area contributed by atoms with Gasteiger partial charge in [-0.15, -0.1) is 11.3 Å². The molecule has 0 unspecified atom stereocenters. The van der Waals surface area contributed by atoms with Crippen molar-refractivity contribution in [3.05, 3.63) is 52.1 Å². The van der Waals surface area contributed by atoms with Crippen molar-refractivity contribution in [3.8, 4) is 0 Å². The Bertz CT molecular complexity index is 758. The fourth-order valence-corrected chi connectivity index (χ4v) is 2.61. The third-order valence-electron chi connectivity index (χ3n) is 2.79. The number of thiazole rings is 1. The normalized spacial score (nSPS) is 10.7. The van der Waals surface area contributed by atoms with E-state index in [0.29, 0.717) is 16.4 Å². The zero-order valence-corrected chi connectivity index (χ0v) is 11.9. The van der Waals surface area contributed by atoms with Crippen molar-refractivity contribution in [2.75, 3.05) is 5.32 Å². The summed E-state index contributed by atoms with van der Waals surface area (Å²) in [5, 5.41) is 6.05. The minimum absolute atomic E-state index is 0.120. The van der Waals surface area contributed by atoms with E-state index in [1.54, 1.807) is 11.6 Å². The topological polar surface area (TPSA) is 54.9 Å². The third-order valence-corrected chi connectivity index (χ3v) is 3.63. The number of hydrogen-bond acceptors (Lipinski definition) is 4. The first kappa shape index (κ1) is 13.0. The number of carbonyl (C=O) groups is 1. The maximum absolute atomic E-state index is 12.0. The number of amides is 1. The molecule has 0 bridgehead atoms. The lowest BCUT2D eigenvalue weighted by molar-refractivity contribution is -0.115. The van der Waals surface area contributed by atoms with Gasteiger partial charge in [-0.05, 0) is 18.2 Å². The first-order valence-corrected chi connectivity index (χ1v) is 7.26. The molecule has 0 saturated carbocycles. The second-order valence-corrected chi connectivity index (χ2v) is 5.32. The van der Waals surface area contributed by atoms with Gasteiger partial charge in [0, 0.05) is 10.8 Å². The molecular weight excluding hydrogens is 294 g/mol. The summed E-state index contributed by atoms with van der Waals surface area (Å²) >= 11 is 7.38. The summed E-state index contributed by atoms with van der Waals surface area (Å²) in [5.41, 5.74) is 3.82. The van der Waals surface area contributed by atoms with E-state index >= 15 is 0 Å². The number of rotatable bonds is 3. The molecule has 3 aromatic rings. The quantitative estimate of drug-likeness (QED) is 0.753. The number of hydrogen-bond donors (Lipinski definition) is 1. The SMILES string of the molecule is O=C(Cc1cscn1)Nc1cccc2ccc(Cl)nc12. The Morgan fingerprint density at radius 2 is 2.20 bits per heavy atom. The molecule has 2 heterocycles. The summed E-state index contributed by atoms with van der Waals surface area (Å²) in [6.45, 7) is 0. The monoisotopic (exact) mass is 303 g/mol. The van der Waals surface area contributed by atoms with Gasteiger partial charge < -0.3 is 5.32 Å². The van der Waals surface area contributed by atoms with Gasteiger partial charge in [0.25, 0.3) is 0 Å². The van der Waals surface area contributed by atoms with Crippen LogP contribution in [0, 0.1) is 0 Å². The minimum atomic E-state index is -0.120. The highest BCUT2D eigenvalue weighted by atomic mass is 35.5. The van der Waals surface area contributed by atoms with Crippen LogP contribution in [0.5, 0.6) is 0 Å². The Morgan fingerprint density at radius 3 is 3.00 bits per heavy atom. The Kier molecular flexibility index (Phi) is 3.62. The Morgan fingerprint density at radius 1 is 1.30 bits per heavy atom. The van der Waals surface area contributed by atoms with Crippen molar-refractivity contribution in [1.82, 2.24) is 9.97 Å². The van der Waals surface area contributed by atoms with Gasteiger partial charge in [-0.3, -0.25) is 4.79 Å². The second kappa shape index (κ2) is 5.56. The molecule has 1 amide bonds. The van der Waals surface area contributed by atoms with E-state index in [4.69, 9.17) is 11.6 Å². The summed E-state index contributed by atoms with van der Waals surface area (Å²) in [4.78, 5) is 20.4. The number of benzene rings is 1. The van der Waals surface area contributed by atoms with Crippen molar-refractivity contribution in [1.29, 1.82) is 0 Å². The number of nitrogens with zero attached hydrogens (tertiary/aromatic N) is 2. The standard InChI is InChI=1S/C14H10ClN3OS/c15-12-5-4-9-2-1-3-11(14(9)18-12)17-13(19)6-10-7-20-8-16-10/h1-5,7-8H,6H2,(H,17,19). The number of carbonyl (C=O) groups excluding carboxylic acids is 1. The first-order valence-electron chi connectivity index (χ1n) is 5.94. The largest absolute Gasteiger partial charge is 0.324 e. The molecule has 100 valence electrons. The fourth-order valence-electron chi connectivity index (χ4n) is 1.91. The average molecular weight is 304 g/mol. The van der Waals surface area contributed by atoms with E-state index in [9.17, 15) is 4.79 Å². The van der Waals surface area contributed by atoms with Crippen molar-refractivity contribution >= 4 is 45.4 Å². The van der Waals surface area contributed by atoms with Gasteiger partial charge in [0.2, 0.25) is 5.91 Å². The van der Waals surface area contributed by atoms with Gasteiger partial charge in [0.05, 0.1) is 28.8 Å². The van der Waals surface area contributed by atoms with Crippen molar-refractivity contribution < 1.29 is 4.79 Å². The Hall–Kier alpha value is -1.98. The summed E-state index contributed by atoms with van der Waals surface area (Å²) in [5.74, 6) is -0.120. The van der Waals surface area contributed by atoms with Gasteiger partial charge in [0.1, 0.15) is 5.15 Å². The number of halogens is 1. The molecule has 0 atom stereocenters. The number of anilines is 1. The number of fused-ring (bicyclic) bond motifs is 1. The second-order valence-electron chi connectivity index (χ2n) is 4.22. The number of pyridine rings is 1. The van der Waals surface area contributed by atoms with Gasteiger partial charge in [0.15, 0.2) is 0 Å².